The van der Waals surface area contributed by atoms with Crippen LogP contribution in [-0.2, 0) is 5.41 Å². The lowest BCUT2D eigenvalue weighted by molar-refractivity contribution is 0.395. The highest BCUT2D eigenvalue weighted by Gasteiger charge is 2.39. The molecule has 2 heterocycles. The molecule has 0 saturated heterocycles. The summed E-state index contributed by atoms with van der Waals surface area (Å²) in [5.74, 6) is 0.854. The lowest BCUT2D eigenvalue weighted by Gasteiger charge is -2.31. The number of nitriles is 1. The van der Waals surface area contributed by atoms with Crippen LogP contribution in [0.1, 0.15) is 11.1 Å². The van der Waals surface area contributed by atoms with Gasteiger partial charge in [0.05, 0.1) is 6.07 Å². The first-order valence-electron chi connectivity index (χ1n) is 7.25. The quantitative estimate of drug-likeness (QED) is 0.748. The van der Waals surface area contributed by atoms with Crippen molar-refractivity contribution in [3.8, 4) is 11.8 Å². The van der Waals surface area contributed by atoms with Gasteiger partial charge in [0.25, 0.3) is 0 Å². The normalized spacial score (nSPS) is 19.3. The molecule has 0 fully saturated rings. The van der Waals surface area contributed by atoms with Crippen LogP contribution in [0.5, 0.6) is 5.75 Å². The minimum absolute atomic E-state index is 0.222. The maximum Gasteiger partial charge on any atom is 0.189 e. The molecule has 0 spiro atoms. The predicted octanol–water partition coefficient (Wildman–Crippen LogP) is 3.24. The summed E-state index contributed by atoms with van der Waals surface area (Å²) in [6.07, 6.45) is 5.03. The van der Waals surface area contributed by atoms with Gasteiger partial charge < -0.3 is 10.5 Å². The zero-order valence-corrected chi connectivity index (χ0v) is 12.2. The van der Waals surface area contributed by atoms with E-state index in [9.17, 15) is 5.26 Å². The number of pyridine rings is 1. The number of benzene rings is 2. The van der Waals surface area contributed by atoms with Crippen LogP contribution in [0, 0.1) is 11.3 Å². The molecule has 4 rings (SSSR count). The molecule has 0 bridgehead atoms. The maximum atomic E-state index is 10.00. The summed E-state index contributed by atoms with van der Waals surface area (Å²) in [7, 11) is 0. The first kappa shape index (κ1) is 13.4. The average molecular weight is 299 g/mol. The Balaban J connectivity index is 2.09. The van der Waals surface area contributed by atoms with Gasteiger partial charge in [-0.1, -0.05) is 42.5 Å². The smallest absolute Gasteiger partial charge is 0.189 e. The molecule has 1 aromatic heterocycles. The van der Waals surface area contributed by atoms with Crippen LogP contribution in [0.4, 0.5) is 0 Å². The van der Waals surface area contributed by atoms with Crippen molar-refractivity contribution in [1.29, 1.82) is 5.26 Å². The summed E-state index contributed by atoms with van der Waals surface area (Å²) >= 11 is 0. The number of fused-ring (bicyclic) bond motifs is 3. The standard InChI is InChI=1S/C19H13N3O/c20-12-19(14-5-3-9-22-11-14)10-17(21)23-18-15-6-2-1-4-13(15)7-8-16(18)19/h1-11H,21H2. The highest BCUT2D eigenvalue weighted by Crippen LogP contribution is 2.45. The van der Waals surface area contributed by atoms with Gasteiger partial charge in [-0.3, -0.25) is 4.98 Å². The summed E-state index contributed by atoms with van der Waals surface area (Å²) in [6.45, 7) is 0. The van der Waals surface area contributed by atoms with E-state index in [4.69, 9.17) is 10.5 Å². The molecule has 1 aliphatic rings. The monoisotopic (exact) mass is 299 g/mol. The Hall–Kier alpha value is -3.32. The van der Waals surface area contributed by atoms with Crippen molar-refractivity contribution >= 4 is 10.8 Å². The van der Waals surface area contributed by atoms with Crippen LogP contribution >= 0.6 is 0 Å². The van der Waals surface area contributed by atoms with Gasteiger partial charge in [-0.25, -0.2) is 0 Å². The zero-order chi connectivity index (χ0) is 15.9. The Morgan fingerprint density at radius 2 is 1.96 bits per heavy atom. The van der Waals surface area contributed by atoms with E-state index >= 15 is 0 Å². The Labute approximate surface area is 133 Å². The van der Waals surface area contributed by atoms with Crippen LogP contribution < -0.4 is 10.5 Å². The molecule has 110 valence electrons. The van der Waals surface area contributed by atoms with Crippen molar-refractivity contribution in [3.05, 3.63) is 84.0 Å². The average Bonchev–Trinajstić information content (AvgIpc) is 2.61. The maximum absolute atomic E-state index is 10.00. The van der Waals surface area contributed by atoms with Crippen molar-refractivity contribution in [2.45, 2.75) is 5.41 Å². The minimum atomic E-state index is -1.00. The Morgan fingerprint density at radius 3 is 2.74 bits per heavy atom. The Bertz CT molecular complexity index is 973. The number of nitrogens with zero attached hydrogens (tertiary/aromatic N) is 2. The molecular weight excluding hydrogens is 286 g/mol. The van der Waals surface area contributed by atoms with Crippen molar-refractivity contribution in [1.82, 2.24) is 4.98 Å². The van der Waals surface area contributed by atoms with Crippen LogP contribution in [-0.4, -0.2) is 4.98 Å². The Kier molecular flexibility index (Phi) is 2.82. The van der Waals surface area contributed by atoms with E-state index in [2.05, 4.69) is 11.1 Å². The molecule has 23 heavy (non-hydrogen) atoms. The molecule has 0 aliphatic carbocycles. The zero-order valence-electron chi connectivity index (χ0n) is 12.2. The third-order valence-electron chi connectivity index (χ3n) is 4.18. The molecule has 1 unspecified atom stereocenters. The SMILES string of the molecule is N#CC1(c2cccnc2)C=C(N)Oc2c1ccc1ccccc21. The van der Waals surface area contributed by atoms with Gasteiger partial charge in [0, 0.05) is 29.4 Å². The van der Waals surface area contributed by atoms with E-state index in [1.165, 1.54) is 0 Å². The lowest BCUT2D eigenvalue weighted by Crippen LogP contribution is -2.30. The first-order chi connectivity index (χ1) is 11.2. The summed E-state index contributed by atoms with van der Waals surface area (Å²) in [5.41, 5.74) is 6.54. The van der Waals surface area contributed by atoms with Crippen LogP contribution in [0.25, 0.3) is 10.8 Å². The topological polar surface area (TPSA) is 71.9 Å². The third kappa shape index (κ3) is 1.87. The molecule has 0 saturated carbocycles. The molecule has 1 atom stereocenters. The van der Waals surface area contributed by atoms with Crippen molar-refractivity contribution in [2.24, 2.45) is 5.73 Å². The summed E-state index contributed by atoms with van der Waals surface area (Å²) in [6, 6.07) is 17.9. The molecule has 3 aromatic rings. The van der Waals surface area contributed by atoms with Crippen molar-refractivity contribution in [3.63, 3.8) is 0 Å². The van der Waals surface area contributed by atoms with Gasteiger partial charge >= 0.3 is 0 Å². The second-order valence-corrected chi connectivity index (χ2v) is 5.47. The van der Waals surface area contributed by atoms with Gasteiger partial charge in [0.1, 0.15) is 11.2 Å². The van der Waals surface area contributed by atoms with Crippen molar-refractivity contribution < 1.29 is 4.74 Å². The van der Waals surface area contributed by atoms with E-state index in [0.29, 0.717) is 5.75 Å². The van der Waals surface area contributed by atoms with Gasteiger partial charge in [0.15, 0.2) is 5.88 Å². The molecule has 0 amide bonds. The highest BCUT2D eigenvalue weighted by atomic mass is 16.5. The number of nitrogens with two attached hydrogens (primary N) is 1. The number of aromatic nitrogens is 1. The molecule has 0 radical (unpaired) electrons. The summed E-state index contributed by atoms with van der Waals surface area (Å²) in [5, 5.41) is 12.0. The molecule has 4 heteroatoms. The fraction of sp³-hybridized carbons (Fsp3) is 0.0526. The number of hydrogen-bond donors (Lipinski definition) is 1. The van der Waals surface area contributed by atoms with E-state index in [-0.39, 0.29) is 5.88 Å². The molecule has 2 aromatic carbocycles. The van der Waals surface area contributed by atoms with Crippen molar-refractivity contribution in [2.75, 3.05) is 0 Å². The van der Waals surface area contributed by atoms with Crippen LogP contribution in [0.3, 0.4) is 0 Å². The number of allylic oxidation sites excluding steroid dienone is 1. The molecule has 4 nitrogen and oxygen atoms in total. The third-order valence-corrected chi connectivity index (χ3v) is 4.18. The minimum Gasteiger partial charge on any atom is -0.441 e. The number of ether oxygens (including phenoxy) is 1. The molecule has 1 aliphatic heterocycles. The predicted molar refractivity (Wildman–Crippen MR) is 87.5 cm³/mol. The fourth-order valence-corrected chi connectivity index (χ4v) is 3.09. The molecular formula is C19H13N3O. The van der Waals surface area contributed by atoms with E-state index < -0.39 is 5.41 Å². The van der Waals surface area contributed by atoms with Gasteiger partial charge in [-0.05, 0) is 17.0 Å². The first-order valence-corrected chi connectivity index (χ1v) is 7.25. The highest BCUT2D eigenvalue weighted by molar-refractivity contribution is 5.91. The van der Waals surface area contributed by atoms with E-state index in [1.807, 2.05) is 48.5 Å². The second-order valence-electron chi connectivity index (χ2n) is 5.47. The summed E-state index contributed by atoms with van der Waals surface area (Å²) in [4.78, 5) is 4.15. The van der Waals surface area contributed by atoms with Crippen LogP contribution in [0.15, 0.2) is 72.9 Å². The van der Waals surface area contributed by atoms with Gasteiger partial charge in [-0.2, -0.15) is 5.26 Å². The fourth-order valence-electron chi connectivity index (χ4n) is 3.09. The number of rotatable bonds is 1. The lowest BCUT2D eigenvalue weighted by atomic mass is 9.74. The molecule has 2 N–H and O–H groups in total. The number of hydrogen-bond acceptors (Lipinski definition) is 4. The van der Waals surface area contributed by atoms with Gasteiger partial charge in [-0.15, -0.1) is 0 Å². The largest absolute Gasteiger partial charge is 0.441 e. The van der Waals surface area contributed by atoms with E-state index in [0.717, 1.165) is 21.9 Å². The second kappa shape index (κ2) is 4.85. The van der Waals surface area contributed by atoms with E-state index in [1.54, 1.807) is 18.5 Å². The summed E-state index contributed by atoms with van der Waals surface area (Å²) < 4.78 is 5.79. The van der Waals surface area contributed by atoms with Crippen LogP contribution in [0.2, 0.25) is 0 Å². The Morgan fingerprint density at radius 1 is 1.09 bits per heavy atom. The van der Waals surface area contributed by atoms with Gasteiger partial charge in [0.2, 0.25) is 0 Å².